The van der Waals surface area contributed by atoms with Crippen LogP contribution in [0.2, 0.25) is 0 Å². The van der Waals surface area contributed by atoms with Crippen LogP contribution in [0.3, 0.4) is 0 Å². The van der Waals surface area contributed by atoms with Crippen LogP contribution in [-0.4, -0.2) is 45.4 Å². The van der Waals surface area contributed by atoms with E-state index in [1.54, 1.807) is 0 Å². The SMILES string of the molecule is BrCCC1CCCCC1.II(I)I(I)I(I)I(I)I(I)I(I)I(I)I(I)I(I)I(I)I(I)I(I)I(I)I(I)I(I)I(I)I(I)I(I)I(I)I(I)I(I)I(I)I(I)I(I)I(I)I.I[I-]I(I)I(I)I(I)I(I)I(I)I(I)I(I)I(I)I(I)I(I)I(I)I(I)I(I)I(I)I(I)I(I)I(I)I(I)I(I)I(I)I(I)I(I)I(I)I(I)I.O=S(=O)(Cl)CCC1CCCCC1.O=S(=O)(O)CCC1CCCCC1.[2H]CF. The van der Waals surface area contributed by atoms with Crippen molar-refractivity contribution in [1.82, 2.24) is 0 Å². The van der Waals surface area contributed by atoms with Crippen LogP contribution in [-0.2, 0) is 19.2 Å². The van der Waals surface area contributed by atoms with Crippen molar-refractivity contribution in [2.24, 2.45) is 17.8 Å². The predicted molar refractivity (Wildman–Crippen MR) is 1580 cm³/mol. The summed E-state index contributed by atoms with van der Waals surface area (Å²) in [4.78, 5) is 0. The Morgan fingerprint density at radius 1 is 0.254 bits per heavy atom. The van der Waals surface area contributed by atoms with Gasteiger partial charge in [-0.25, -0.2) is 8.42 Å². The van der Waals surface area contributed by atoms with Crippen LogP contribution < -0.4 is 13.3 Å². The van der Waals surface area contributed by atoms with E-state index in [1.807, 2.05) is 0 Å². The molecule has 0 heterocycles. The predicted octanol–water partition coefficient (Wildman–Crippen LogP) is 95.7. The zero-order valence-corrected chi connectivity index (χ0v) is 286. The molecule has 0 amide bonds. The van der Waals surface area contributed by atoms with Gasteiger partial charge in [0, 0.05) is 16.0 Å². The average molecular weight is 13700 g/mol. The molecular formula is C25H49BrClFI103O5S2-. The molecule has 1 N–H and O–H groups in total. The van der Waals surface area contributed by atoms with E-state index in [0.29, 0.717) is 31.5 Å². The van der Waals surface area contributed by atoms with Crippen LogP contribution in [0.25, 0.3) is 0 Å². The summed E-state index contributed by atoms with van der Waals surface area (Å²) in [5.41, 5.74) is 0. The fourth-order valence-electron chi connectivity index (χ4n) is 6.61. The summed E-state index contributed by atoms with van der Waals surface area (Å²) >= 11 is 178. The molecule has 3 fully saturated rings. The Kier molecular flexibility index (Phi) is 211. The number of alkyl halides is 2. The van der Waals surface area contributed by atoms with Gasteiger partial charge in [0.25, 0.3) is 10.1 Å². The molecule has 0 aromatic rings. The number of rotatable bonds is 56. The van der Waals surface area contributed by atoms with Gasteiger partial charge in [-0.3, -0.25) is 8.94 Å². The van der Waals surface area contributed by atoms with Gasteiger partial charge >= 0.3 is 1390 Å². The monoisotopic (exact) mass is 13700 g/mol. The van der Waals surface area contributed by atoms with Gasteiger partial charge in [-0.2, -0.15) is 8.42 Å². The first-order valence-corrected chi connectivity index (χ1v) is 668. The van der Waals surface area contributed by atoms with Crippen LogP contribution in [0.5, 0.6) is 0 Å². The molecule has 0 aromatic carbocycles. The van der Waals surface area contributed by atoms with Crippen molar-refractivity contribution in [1.29, 1.82) is 0 Å². The molecular weight excluding hydrogens is 13600 g/mol. The Morgan fingerprint density at radius 2 is 0.377 bits per heavy atom. The van der Waals surface area contributed by atoms with Crippen molar-refractivity contribution in [3.63, 3.8) is 0 Å². The molecule has 0 unspecified atom stereocenters. The second kappa shape index (κ2) is 135. The third kappa shape index (κ3) is 101. The van der Waals surface area contributed by atoms with Crippen molar-refractivity contribution < 1.29 is 40.4 Å². The Morgan fingerprint density at radius 3 is 0.493 bits per heavy atom. The topological polar surface area (TPSA) is 88.5 Å². The molecule has 3 aliphatic rings. The van der Waals surface area contributed by atoms with E-state index in [1.165, 1.54) is 95.2 Å². The van der Waals surface area contributed by atoms with Crippen LogP contribution in [0.4, 0.5) is 4.39 Å². The molecule has 5 nitrogen and oxygen atoms in total. The summed E-state index contributed by atoms with van der Waals surface area (Å²) in [6.07, 6.45) is 22.4. The molecule has 3 rings (SSSR count). The first-order chi connectivity index (χ1) is 63.8. The Labute approximate surface area is 1530 Å². The maximum absolute atomic E-state index is 10.6. The van der Waals surface area contributed by atoms with E-state index in [-0.39, 0.29) is 11.5 Å². The molecule has 3 saturated carbocycles. The zero-order valence-electron chi connectivity index (χ0n) is 61.2. The van der Waals surface area contributed by atoms with Gasteiger partial charge in [-0.15, -0.1) is 0 Å². The summed E-state index contributed by atoms with van der Waals surface area (Å²) in [6, 6.07) is 0. The first-order valence-electron chi connectivity index (χ1n) is 28.4. The van der Waals surface area contributed by atoms with Crippen molar-refractivity contribution in [2.45, 2.75) is 116 Å². The summed E-state index contributed by atoms with van der Waals surface area (Å²) in [5.74, 6) is 2.28. The summed E-state index contributed by atoms with van der Waals surface area (Å²) in [6.45, 7) is 0. The molecule has 3 aliphatic carbocycles. The second-order valence-electron chi connectivity index (χ2n) is 18.1. The molecule has 113 heteroatoms. The standard InChI is InChI=1S/C8H15Br.C8H15ClO2S.C8H16O3S.CH3F.I52.I51/c9-7-6-8-4-2-1-3-5-8;2*9-12(10,11)7-6-8-4-2-1-3-5-8;1-2;1-28(2)30(5)32(7)34(9)36(11)38(13)40(15)42(17)44(19)46(21)48(23)50(25)52(27)51(26)49(24)47(22)45(20)43(18)41(16)39(14)37(12)35(10)33(8)31(6)29(3)4;1-27-29(4)31(6)33(8)35(10)37(12)39(14)41(16)43(18)45(20)47(22)49(24)51(26)50(25)48(23)46(21)44(19)42(17)40(15)38(13)36(11)34(9)32(7)30(5)28(2)3/h8H,1-7H2;8H,1-7H2;8H,1-7H2,(H,9,10,11);1H3;;/q;;;;;-1/i;;;1D;;. The Bertz CT molecular complexity index is 3190. The van der Waals surface area contributed by atoms with Crippen molar-refractivity contribution in [2.75, 3.05) is 24.0 Å². The maximum Gasteiger partial charge on any atom is 0.264 e. The summed E-state index contributed by atoms with van der Waals surface area (Å²) in [5, 5.41) is 1.21. The third-order valence-corrected chi connectivity index (χ3v) is 7860. The first kappa shape index (κ1) is 216. The molecule has 0 bridgehead atoms. The molecule has 0 aliphatic heterocycles. The second-order valence-corrected chi connectivity index (χ2v) is 2430. The average Bonchev–Trinajstić information content (AvgIpc) is 0.820. The van der Waals surface area contributed by atoms with Crippen molar-refractivity contribution in [3.8, 4) is 0 Å². The van der Waals surface area contributed by atoms with E-state index >= 15 is 0 Å². The van der Waals surface area contributed by atoms with Gasteiger partial charge in [0.1, 0.15) is 0 Å². The van der Waals surface area contributed by atoms with Gasteiger partial charge in [0.2, 0.25) is 9.05 Å². The van der Waals surface area contributed by atoms with Crippen LogP contribution in [0.15, 0.2) is 0 Å². The fourth-order valence-corrected chi connectivity index (χ4v) is 19100. The van der Waals surface area contributed by atoms with Crippen LogP contribution >= 0.6 is 1400 Å². The minimum absolute atomic E-state index is 0.0579. The van der Waals surface area contributed by atoms with Crippen molar-refractivity contribution in [3.05, 3.63) is 0 Å². The number of halogens is 106. The van der Waals surface area contributed by atoms with E-state index in [9.17, 15) is 21.2 Å². The molecule has 0 saturated heterocycles. The Hall–Kier alpha value is 75.7. The van der Waals surface area contributed by atoms with Crippen LogP contribution in [0, 0.1) is 17.8 Å². The Balaban J connectivity index is -0.00000194. The van der Waals surface area contributed by atoms with Gasteiger partial charge < -0.3 is 0 Å². The van der Waals surface area contributed by atoms with E-state index in [4.69, 9.17) is 16.6 Å². The molecule has 0 spiro atoms. The van der Waals surface area contributed by atoms with E-state index in [0.717, 1.165) is 25.2 Å². The third-order valence-electron chi connectivity index (χ3n) is 11.1. The zero-order chi connectivity index (χ0) is 109. The van der Waals surface area contributed by atoms with Gasteiger partial charge in [0.05, 0.1) is 20.0 Å². The van der Waals surface area contributed by atoms with Gasteiger partial charge in [-0.05, 0) is 37.0 Å². The van der Waals surface area contributed by atoms with Gasteiger partial charge in [0.15, 0.2) is 0 Å². The molecule has 0 aromatic heterocycles. The number of hydrogen-bond acceptors (Lipinski definition) is 4. The number of hydrogen-bond donors (Lipinski definition) is 1. The summed E-state index contributed by atoms with van der Waals surface area (Å²) < 4.78 is 66.2. The van der Waals surface area contributed by atoms with E-state index < -0.39 is 413 Å². The molecule has 138 heavy (non-hydrogen) atoms. The minimum Gasteiger partial charge on any atom is -0.286 e. The van der Waals surface area contributed by atoms with Gasteiger partial charge in [-0.1, -0.05) is 112 Å². The van der Waals surface area contributed by atoms with Crippen molar-refractivity contribution >= 4 is 1420 Å². The minimum atomic E-state index is -3.72. The molecule has 0 atom stereocenters. The summed E-state index contributed by atoms with van der Waals surface area (Å²) in [7, 11) is -29.0. The maximum atomic E-state index is 10.6. The largest absolute Gasteiger partial charge is 0.286 e. The fraction of sp³-hybridized carbons (Fsp3) is 1.00. The van der Waals surface area contributed by atoms with E-state index in [2.05, 4.69) is 1000 Å². The smallest absolute Gasteiger partial charge is 0.264 e. The molecule has 0 radical (unpaired) electrons. The normalized spacial score (nSPS) is 19.3. The quantitative estimate of drug-likeness (QED) is 0.0284. The van der Waals surface area contributed by atoms with Crippen LogP contribution in [0.1, 0.15) is 117 Å². The molecule has 934 valence electrons.